The van der Waals surface area contributed by atoms with Gasteiger partial charge in [0, 0.05) is 31.0 Å². The fourth-order valence-corrected chi connectivity index (χ4v) is 10.6. The molecule has 0 aromatic heterocycles. The fourth-order valence-electron chi connectivity index (χ4n) is 10.6. The maximum Gasteiger partial charge on any atom is 0.164 e. The molecule has 1 N–H and O–H groups in total. The van der Waals surface area contributed by atoms with Crippen molar-refractivity contribution in [2.24, 2.45) is 45.3 Å². The highest BCUT2D eigenvalue weighted by molar-refractivity contribution is 5.34. The van der Waals surface area contributed by atoms with Crippen molar-refractivity contribution >= 4 is 0 Å². The Morgan fingerprint density at radius 3 is 2.42 bits per heavy atom. The summed E-state index contributed by atoms with van der Waals surface area (Å²) in [4.78, 5) is 0. The van der Waals surface area contributed by atoms with Crippen molar-refractivity contribution in [2.75, 3.05) is 14.2 Å². The Balaban J connectivity index is 1.52. The number of aliphatic hydroxyl groups excluding tert-OH is 1. The molecule has 5 aliphatic rings. The lowest BCUT2D eigenvalue weighted by Crippen LogP contribution is -2.65. The standard InChI is InChI=1S/C32H52O4/c1-20(2)18-22(34-8)19-21(3)23-12-14-30(7)24-13-15-32-25(10-11-26(33)28(32,4)5)31(24,27(35-9)36-32)17-16-29(23,30)6/h13,15,18,21-27,33H,10-12,14,16-17,19H2,1-9H3/t21-,22-,23+,24-,25-,26-,27+,29-,30+,31+,32-/m0/s1. The van der Waals surface area contributed by atoms with E-state index in [1.807, 2.05) is 14.2 Å². The number of ether oxygens (including phenoxy) is 3. The van der Waals surface area contributed by atoms with Gasteiger partial charge in [0.05, 0.1) is 12.2 Å². The molecule has 1 aliphatic heterocycles. The number of fused-ring (bicyclic) bond motifs is 2. The molecule has 1 spiro atoms. The SMILES string of the molecule is CO[C@@H]1O[C@@]23C=C[C@@H]4[C@]1(CC[C@@]1(C)[C@@H]([C@@H](C)C[C@H](C=C(C)C)OC)CC[C@]41C)[C@@H]2CC[C@H](O)C3(C)C. The second-order valence-electron chi connectivity index (χ2n) is 14.5. The Morgan fingerprint density at radius 2 is 1.78 bits per heavy atom. The molecule has 36 heavy (non-hydrogen) atoms. The van der Waals surface area contributed by atoms with Crippen LogP contribution in [-0.4, -0.2) is 43.4 Å². The van der Waals surface area contributed by atoms with Gasteiger partial charge in [-0.2, -0.15) is 0 Å². The Kier molecular flexibility index (Phi) is 6.48. The van der Waals surface area contributed by atoms with E-state index in [4.69, 9.17) is 14.2 Å². The lowest BCUT2D eigenvalue weighted by Gasteiger charge is -2.65. The highest BCUT2D eigenvalue weighted by Crippen LogP contribution is 2.78. The van der Waals surface area contributed by atoms with Gasteiger partial charge in [0.1, 0.15) is 5.60 Å². The summed E-state index contributed by atoms with van der Waals surface area (Å²) in [6.07, 6.45) is 14.8. The third-order valence-corrected chi connectivity index (χ3v) is 12.8. The summed E-state index contributed by atoms with van der Waals surface area (Å²) in [6, 6.07) is 0. The molecule has 1 saturated heterocycles. The Bertz CT molecular complexity index is 919. The summed E-state index contributed by atoms with van der Waals surface area (Å²) >= 11 is 0. The van der Waals surface area contributed by atoms with Gasteiger partial charge >= 0.3 is 0 Å². The lowest BCUT2D eigenvalue weighted by atomic mass is 9.38. The summed E-state index contributed by atoms with van der Waals surface area (Å²) in [5.41, 5.74) is 1.04. The number of aliphatic hydroxyl groups is 1. The molecule has 0 aromatic carbocycles. The largest absolute Gasteiger partial charge is 0.392 e. The lowest BCUT2D eigenvalue weighted by molar-refractivity contribution is -0.225. The molecule has 11 atom stereocenters. The molecule has 4 heteroatoms. The van der Waals surface area contributed by atoms with Crippen LogP contribution >= 0.6 is 0 Å². The van der Waals surface area contributed by atoms with Crippen molar-refractivity contribution in [1.82, 2.24) is 0 Å². The van der Waals surface area contributed by atoms with E-state index in [0.717, 1.165) is 25.7 Å². The molecule has 2 bridgehead atoms. The molecular formula is C32H52O4. The van der Waals surface area contributed by atoms with Crippen LogP contribution in [-0.2, 0) is 14.2 Å². The third kappa shape index (κ3) is 3.20. The second kappa shape index (κ2) is 8.66. The second-order valence-corrected chi connectivity index (χ2v) is 14.5. The van der Waals surface area contributed by atoms with Crippen LogP contribution in [0.4, 0.5) is 0 Å². The van der Waals surface area contributed by atoms with Gasteiger partial charge in [0.25, 0.3) is 0 Å². The molecule has 5 rings (SSSR count). The first-order valence-corrected chi connectivity index (χ1v) is 14.6. The molecule has 0 aromatic rings. The topological polar surface area (TPSA) is 47.9 Å². The molecule has 3 saturated carbocycles. The van der Waals surface area contributed by atoms with Crippen LogP contribution in [0.2, 0.25) is 0 Å². The first-order chi connectivity index (χ1) is 16.8. The minimum absolute atomic E-state index is 0.00950. The molecule has 4 aliphatic carbocycles. The number of rotatable bonds is 6. The molecule has 0 radical (unpaired) electrons. The van der Waals surface area contributed by atoms with Crippen molar-refractivity contribution in [3.63, 3.8) is 0 Å². The van der Waals surface area contributed by atoms with Crippen LogP contribution in [0.5, 0.6) is 0 Å². The van der Waals surface area contributed by atoms with Crippen LogP contribution in [0.3, 0.4) is 0 Å². The van der Waals surface area contributed by atoms with Gasteiger partial charge in [-0.1, -0.05) is 58.4 Å². The van der Waals surface area contributed by atoms with Gasteiger partial charge in [0.2, 0.25) is 0 Å². The average molecular weight is 501 g/mol. The smallest absolute Gasteiger partial charge is 0.164 e. The van der Waals surface area contributed by atoms with Gasteiger partial charge < -0.3 is 19.3 Å². The van der Waals surface area contributed by atoms with E-state index in [1.54, 1.807) is 0 Å². The average Bonchev–Trinajstić information content (AvgIpc) is 3.19. The van der Waals surface area contributed by atoms with E-state index in [2.05, 4.69) is 66.7 Å². The number of methoxy groups -OCH3 is 2. The van der Waals surface area contributed by atoms with Crippen LogP contribution in [0, 0.1) is 45.3 Å². The van der Waals surface area contributed by atoms with Crippen molar-refractivity contribution in [2.45, 2.75) is 118 Å². The summed E-state index contributed by atoms with van der Waals surface area (Å²) < 4.78 is 19.1. The Labute approximate surface area is 220 Å². The maximum atomic E-state index is 11.1. The molecule has 4 fully saturated rings. The van der Waals surface area contributed by atoms with E-state index in [1.165, 1.54) is 24.8 Å². The van der Waals surface area contributed by atoms with Gasteiger partial charge in [-0.3, -0.25) is 0 Å². The first-order valence-electron chi connectivity index (χ1n) is 14.6. The normalized spacial score (nSPS) is 50.1. The molecule has 4 nitrogen and oxygen atoms in total. The minimum atomic E-state index is -0.437. The quantitative estimate of drug-likeness (QED) is 0.402. The number of allylic oxidation sites excluding steroid dienone is 2. The van der Waals surface area contributed by atoms with E-state index < -0.39 is 5.60 Å². The third-order valence-electron chi connectivity index (χ3n) is 12.8. The highest BCUT2D eigenvalue weighted by atomic mass is 16.7. The van der Waals surface area contributed by atoms with Gasteiger partial charge in [-0.05, 0) is 87.4 Å². The highest BCUT2D eigenvalue weighted by Gasteiger charge is 2.78. The minimum Gasteiger partial charge on any atom is -0.392 e. The zero-order valence-corrected chi connectivity index (χ0v) is 24.4. The first kappa shape index (κ1) is 26.9. The van der Waals surface area contributed by atoms with Gasteiger partial charge in [0.15, 0.2) is 6.29 Å². The van der Waals surface area contributed by atoms with E-state index >= 15 is 0 Å². The van der Waals surface area contributed by atoms with Crippen molar-refractivity contribution < 1.29 is 19.3 Å². The number of hydrogen-bond donors (Lipinski definition) is 1. The molecule has 1 heterocycles. The van der Waals surface area contributed by atoms with Crippen LogP contribution < -0.4 is 0 Å². The summed E-state index contributed by atoms with van der Waals surface area (Å²) in [7, 11) is 3.70. The van der Waals surface area contributed by atoms with E-state index in [-0.39, 0.29) is 40.2 Å². The van der Waals surface area contributed by atoms with E-state index in [9.17, 15) is 5.11 Å². The predicted molar refractivity (Wildman–Crippen MR) is 144 cm³/mol. The summed E-state index contributed by atoms with van der Waals surface area (Å²) in [6.45, 7) is 16.4. The maximum absolute atomic E-state index is 11.1. The van der Waals surface area contributed by atoms with Crippen LogP contribution in [0.1, 0.15) is 93.4 Å². The molecule has 204 valence electrons. The Hall–Kier alpha value is -0.680. The molecule has 0 unspecified atom stereocenters. The Morgan fingerprint density at radius 1 is 1.06 bits per heavy atom. The fraction of sp³-hybridized carbons (Fsp3) is 0.875. The van der Waals surface area contributed by atoms with Crippen LogP contribution in [0.15, 0.2) is 23.8 Å². The van der Waals surface area contributed by atoms with E-state index in [0.29, 0.717) is 23.7 Å². The monoisotopic (exact) mass is 500 g/mol. The van der Waals surface area contributed by atoms with Crippen molar-refractivity contribution in [3.8, 4) is 0 Å². The summed E-state index contributed by atoms with van der Waals surface area (Å²) in [5, 5.41) is 11.1. The van der Waals surface area contributed by atoms with Crippen molar-refractivity contribution in [1.29, 1.82) is 0 Å². The molecular weight excluding hydrogens is 448 g/mol. The zero-order valence-electron chi connectivity index (χ0n) is 24.4. The zero-order chi connectivity index (χ0) is 26.3. The summed E-state index contributed by atoms with van der Waals surface area (Å²) in [5.74, 6) is 2.14. The number of hydrogen-bond acceptors (Lipinski definition) is 4. The van der Waals surface area contributed by atoms with Gasteiger partial charge in [-0.15, -0.1) is 0 Å². The predicted octanol–water partition coefficient (Wildman–Crippen LogP) is 6.92. The molecule has 0 amide bonds. The van der Waals surface area contributed by atoms with Gasteiger partial charge in [-0.25, -0.2) is 0 Å². The van der Waals surface area contributed by atoms with Crippen LogP contribution in [0.25, 0.3) is 0 Å². The van der Waals surface area contributed by atoms with Crippen molar-refractivity contribution in [3.05, 3.63) is 23.8 Å².